The molecule has 3 aliphatic rings. The molecule has 114 valence electrons. The van der Waals surface area contributed by atoms with Crippen molar-refractivity contribution in [3.63, 3.8) is 0 Å². The van der Waals surface area contributed by atoms with Crippen molar-refractivity contribution in [3.05, 3.63) is 58.4 Å². The van der Waals surface area contributed by atoms with Crippen LogP contribution in [0.2, 0.25) is 0 Å². The van der Waals surface area contributed by atoms with Gasteiger partial charge in [0.25, 0.3) is 0 Å². The Hall–Kier alpha value is -2.84. The van der Waals surface area contributed by atoms with E-state index in [1.807, 2.05) is 24.4 Å². The minimum Gasteiger partial charge on any atom is -0.355 e. The van der Waals surface area contributed by atoms with Gasteiger partial charge in [0.15, 0.2) is 5.78 Å². The van der Waals surface area contributed by atoms with Gasteiger partial charge in [0.2, 0.25) is 0 Å². The van der Waals surface area contributed by atoms with Crippen molar-refractivity contribution in [2.75, 3.05) is 18.4 Å². The summed E-state index contributed by atoms with van der Waals surface area (Å²) in [7, 11) is 0. The normalized spacial score (nSPS) is 18.7. The number of aromatic nitrogens is 1. The van der Waals surface area contributed by atoms with E-state index in [1.165, 1.54) is 0 Å². The van der Waals surface area contributed by atoms with Gasteiger partial charge in [0.05, 0.1) is 29.2 Å². The van der Waals surface area contributed by atoms with Crippen LogP contribution in [-0.4, -0.2) is 30.1 Å². The minimum atomic E-state index is 0.0984. The summed E-state index contributed by atoms with van der Waals surface area (Å²) in [5, 5.41) is 6.49. The molecule has 3 heterocycles. The van der Waals surface area contributed by atoms with Crippen molar-refractivity contribution in [3.8, 4) is 0 Å². The van der Waals surface area contributed by atoms with Crippen molar-refractivity contribution < 1.29 is 4.79 Å². The number of nitrogens with zero attached hydrogens (tertiary/aromatic N) is 1. The molecular formula is C18H16N4O. The molecule has 0 bridgehead atoms. The average molecular weight is 304 g/mol. The first-order valence-corrected chi connectivity index (χ1v) is 7.66. The lowest BCUT2D eigenvalue weighted by molar-refractivity contribution is 0.0983. The Morgan fingerprint density at radius 1 is 1.30 bits per heavy atom. The van der Waals surface area contributed by atoms with Gasteiger partial charge in [0.1, 0.15) is 0 Å². The zero-order valence-electron chi connectivity index (χ0n) is 12.6. The first-order valence-electron chi connectivity index (χ1n) is 7.66. The first kappa shape index (κ1) is 13.8. The van der Waals surface area contributed by atoms with Gasteiger partial charge in [-0.15, -0.1) is 0 Å². The van der Waals surface area contributed by atoms with E-state index in [2.05, 4.69) is 32.1 Å². The topological polar surface area (TPSA) is 69.3 Å². The second-order valence-corrected chi connectivity index (χ2v) is 5.59. The number of aromatic amines is 1. The summed E-state index contributed by atoms with van der Waals surface area (Å²) < 4.78 is 0. The molecule has 0 fully saturated rings. The highest BCUT2D eigenvalue weighted by molar-refractivity contribution is 6.07. The number of hydrogen-bond donors (Lipinski definition) is 3. The van der Waals surface area contributed by atoms with Gasteiger partial charge in [-0.1, -0.05) is 11.8 Å². The Bertz CT molecular complexity index is 869. The predicted molar refractivity (Wildman–Crippen MR) is 90.7 cm³/mol. The zero-order valence-corrected chi connectivity index (χ0v) is 12.6. The average Bonchev–Trinajstić information content (AvgIpc) is 2.96. The maximum absolute atomic E-state index is 12.4. The third-order valence-corrected chi connectivity index (χ3v) is 4.07. The fraction of sp³-hybridized carbons (Fsp3) is 0.222. The van der Waals surface area contributed by atoms with Crippen LogP contribution in [0.3, 0.4) is 0 Å². The molecule has 23 heavy (non-hydrogen) atoms. The Kier molecular flexibility index (Phi) is 3.45. The van der Waals surface area contributed by atoms with E-state index in [0.29, 0.717) is 13.1 Å². The van der Waals surface area contributed by atoms with Gasteiger partial charge < -0.3 is 15.6 Å². The number of carbonyl (C=O) groups is 1. The van der Waals surface area contributed by atoms with Crippen LogP contribution in [0.1, 0.15) is 28.2 Å². The van der Waals surface area contributed by atoms with Crippen LogP contribution in [0.15, 0.2) is 46.5 Å². The van der Waals surface area contributed by atoms with Crippen molar-refractivity contribution in [1.29, 1.82) is 0 Å². The second-order valence-electron chi connectivity index (χ2n) is 5.59. The molecule has 5 heteroatoms. The van der Waals surface area contributed by atoms with Crippen LogP contribution >= 0.6 is 0 Å². The monoisotopic (exact) mass is 304 g/mol. The van der Waals surface area contributed by atoms with Gasteiger partial charge >= 0.3 is 0 Å². The standard InChI is InChI=1S/C18H16N4O/c23-15-11-20-10-14-16(15)18(21-13-4-2-1-3-5-13)17(22-14)12-6-8-19-9-7-12/h1-2,4,6,8,20-22H,7,9-11H2. The molecule has 0 unspecified atom stereocenters. The Labute approximate surface area is 133 Å². The molecule has 3 N–H and O–H groups in total. The number of Topliss-reactive ketones (excluding diaryl/α,β-unsaturated/α-hetero) is 1. The molecule has 5 nitrogen and oxygen atoms in total. The summed E-state index contributed by atoms with van der Waals surface area (Å²) in [6.07, 6.45) is 10.3. The lowest BCUT2D eigenvalue weighted by Crippen LogP contribution is -2.29. The molecular weight excluding hydrogens is 288 g/mol. The van der Waals surface area contributed by atoms with Crippen LogP contribution in [-0.2, 0) is 6.54 Å². The largest absolute Gasteiger partial charge is 0.355 e. The molecule has 0 radical (unpaired) electrons. The molecule has 0 saturated carbocycles. The molecule has 0 amide bonds. The van der Waals surface area contributed by atoms with Crippen molar-refractivity contribution in [1.82, 2.24) is 10.3 Å². The Balaban J connectivity index is 1.85. The molecule has 0 aromatic carbocycles. The van der Waals surface area contributed by atoms with E-state index in [0.717, 1.165) is 46.9 Å². The summed E-state index contributed by atoms with van der Waals surface area (Å²) in [4.78, 5) is 20.1. The number of rotatable bonds is 3. The van der Waals surface area contributed by atoms with Crippen molar-refractivity contribution in [2.24, 2.45) is 4.99 Å². The molecule has 2 aliphatic heterocycles. The van der Waals surface area contributed by atoms with E-state index in [-0.39, 0.29) is 5.78 Å². The zero-order chi connectivity index (χ0) is 15.6. The van der Waals surface area contributed by atoms with Gasteiger partial charge in [0, 0.05) is 25.0 Å². The summed E-state index contributed by atoms with van der Waals surface area (Å²) >= 11 is 0. The van der Waals surface area contributed by atoms with E-state index in [9.17, 15) is 4.79 Å². The third kappa shape index (κ3) is 2.54. The van der Waals surface area contributed by atoms with Gasteiger partial charge in [-0.25, -0.2) is 0 Å². The SMILES string of the molecule is O=C1CNCc2[nH]c(C3=CC=NCC3)c(NC3=C=C=CC=C3)c21. The Morgan fingerprint density at radius 2 is 2.26 bits per heavy atom. The number of carbonyl (C=O) groups excluding carboxylic acids is 1. The van der Waals surface area contributed by atoms with Gasteiger partial charge in [-0.2, -0.15) is 0 Å². The van der Waals surface area contributed by atoms with Gasteiger partial charge in [-0.05, 0) is 36.0 Å². The number of allylic oxidation sites excluding steroid dienone is 4. The highest BCUT2D eigenvalue weighted by Crippen LogP contribution is 2.34. The predicted octanol–water partition coefficient (Wildman–Crippen LogP) is 2.33. The number of anilines is 1. The Morgan fingerprint density at radius 3 is 3.04 bits per heavy atom. The van der Waals surface area contributed by atoms with Crippen LogP contribution < -0.4 is 10.6 Å². The number of ketones is 1. The second kappa shape index (κ2) is 5.75. The fourth-order valence-corrected chi connectivity index (χ4v) is 3.00. The molecule has 0 spiro atoms. The molecule has 1 aromatic rings. The quantitative estimate of drug-likeness (QED) is 0.751. The maximum atomic E-state index is 12.4. The highest BCUT2D eigenvalue weighted by atomic mass is 16.1. The summed E-state index contributed by atoms with van der Waals surface area (Å²) in [5.41, 5.74) is 11.4. The van der Waals surface area contributed by atoms with Crippen LogP contribution in [0, 0.1) is 0 Å². The first-order chi connectivity index (χ1) is 11.3. The van der Waals surface area contributed by atoms with Crippen molar-refractivity contribution >= 4 is 23.3 Å². The van der Waals surface area contributed by atoms with Crippen molar-refractivity contribution in [2.45, 2.75) is 13.0 Å². The number of hydrogen-bond acceptors (Lipinski definition) is 4. The van der Waals surface area contributed by atoms with Crippen LogP contribution in [0.5, 0.6) is 0 Å². The number of nitrogens with one attached hydrogen (secondary N) is 3. The lowest BCUT2D eigenvalue weighted by Gasteiger charge is -2.15. The highest BCUT2D eigenvalue weighted by Gasteiger charge is 2.27. The van der Waals surface area contributed by atoms with Crippen LogP contribution in [0.4, 0.5) is 5.69 Å². The molecule has 0 atom stereocenters. The van der Waals surface area contributed by atoms with E-state index >= 15 is 0 Å². The van der Waals surface area contributed by atoms with E-state index in [4.69, 9.17) is 0 Å². The summed E-state index contributed by atoms with van der Waals surface area (Å²) in [6.45, 7) is 1.80. The maximum Gasteiger partial charge on any atom is 0.180 e. The number of dihydropyridines is 1. The minimum absolute atomic E-state index is 0.0984. The molecule has 1 aromatic heterocycles. The molecule has 4 rings (SSSR count). The summed E-state index contributed by atoms with van der Waals surface area (Å²) in [6, 6.07) is 0. The third-order valence-electron chi connectivity index (χ3n) is 4.07. The van der Waals surface area contributed by atoms with E-state index in [1.54, 1.807) is 6.08 Å². The molecule has 1 aliphatic carbocycles. The number of aliphatic imine (C=N–C) groups is 1. The van der Waals surface area contributed by atoms with Gasteiger partial charge in [-0.3, -0.25) is 9.79 Å². The number of H-pyrrole nitrogens is 1. The van der Waals surface area contributed by atoms with Crippen LogP contribution in [0.25, 0.3) is 5.57 Å². The van der Waals surface area contributed by atoms with E-state index < -0.39 is 0 Å². The summed E-state index contributed by atoms with van der Waals surface area (Å²) in [5.74, 6) is 0.0984. The molecule has 0 saturated heterocycles. The smallest absolute Gasteiger partial charge is 0.180 e. The lowest BCUT2D eigenvalue weighted by atomic mass is 10.0. The fourth-order valence-electron chi connectivity index (χ4n) is 3.00. The number of fused-ring (bicyclic) bond motifs is 1.